The van der Waals surface area contributed by atoms with Crippen LogP contribution in [0.4, 0.5) is 4.79 Å². The van der Waals surface area contributed by atoms with Crippen molar-refractivity contribution in [2.24, 2.45) is 0 Å². The van der Waals surface area contributed by atoms with Crippen LogP contribution in [0.1, 0.15) is 48.0 Å². The van der Waals surface area contributed by atoms with Crippen LogP contribution in [0.2, 0.25) is 0 Å². The van der Waals surface area contributed by atoms with Crippen molar-refractivity contribution < 1.29 is 19.1 Å². The molecule has 5 heteroatoms. The highest BCUT2D eigenvalue weighted by Crippen LogP contribution is 2.26. The summed E-state index contributed by atoms with van der Waals surface area (Å²) in [5, 5.41) is 0. The van der Waals surface area contributed by atoms with Gasteiger partial charge in [0.25, 0.3) is 0 Å². The van der Waals surface area contributed by atoms with Crippen molar-refractivity contribution in [2.75, 3.05) is 6.54 Å². The predicted molar refractivity (Wildman–Crippen MR) is 76.3 cm³/mol. The molecule has 5 nitrogen and oxygen atoms in total. The maximum Gasteiger partial charge on any atom is 0.411 e. The summed E-state index contributed by atoms with van der Waals surface area (Å²) < 4.78 is 10.7. The van der Waals surface area contributed by atoms with Crippen LogP contribution in [-0.4, -0.2) is 40.8 Å². The molecule has 0 aromatic heterocycles. The van der Waals surface area contributed by atoms with Gasteiger partial charge >= 0.3 is 12.1 Å². The Hall–Kier alpha value is -1.52. The zero-order valence-electron chi connectivity index (χ0n) is 13.3. The van der Waals surface area contributed by atoms with Crippen LogP contribution in [0, 0.1) is 0 Å². The number of rotatable bonds is 1. The molecular formula is C15H25NO4. The average Bonchev–Trinajstić information content (AvgIpc) is 2.55. The van der Waals surface area contributed by atoms with Gasteiger partial charge in [0, 0.05) is 13.0 Å². The van der Waals surface area contributed by atoms with Crippen molar-refractivity contribution in [1.29, 1.82) is 0 Å². The van der Waals surface area contributed by atoms with Gasteiger partial charge in [0.1, 0.15) is 17.2 Å². The number of esters is 1. The molecule has 0 aromatic rings. The molecule has 1 aliphatic heterocycles. The van der Waals surface area contributed by atoms with Crippen molar-refractivity contribution >= 4 is 12.1 Å². The first-order valence-electron chi connectivity index (χ1n) is 6.78. The second-order valence-corrected chi connectivity index (χ2v) is 7.11. The second kappa shape index (κ2) is 5.46. The molecule has 0 aliphatic carbocycles. The summed E-state index contributed by atoms with van der Waals surface area (Å²) in [4.78, 5) is 25.7. The van der Waals surface area contributed by atoms with E-state index in [9.17, 15) is 9.59 Å². The predicted octanol–water partition coefficient (Wildman–Crippen LogP) is 2.89. The molecule has 1 rings (SSSR count). The van der Waals surface area contributed by atoms with E-state index in [1.165, 1.54) is 4.90 Å². The summed E-state index contributed by atoms with van der Waals surface area (Å²) in [7, 11) is 0. The molecule has 1 amide bonds. The maximum atomic E-state index is 12.2. The Morgan fingerprint density at radius 1 is 1.10 bits per heavy atom. The van der Waals surface area contributed by atoms with Crippen molar-refractivity contribution in [3.8, 4) is 0 Å². The lowest BCUT2D eigenvalue weighted by atomic mass is 10.1. The van der Waals surface area contributed by atoms with Crippen molar-refractivity contribution in [1.82, 2.24) is 4.90 Å². The number of hydrogen-bond acceptors (Lipinski definition) is 4. The number of hydrogen-bond donors (Lipinski definition) is 0. The maximum absolute atomic E-state index is 12.2. The molecule has 0 unspecified atom stereocenters. The standard InChI is InChI=1S/C15H25NO4/c1-10-8-11(12(17)19-14(2,3)4)16(9-10)13(18)20-15(5,6)7/h11H,1,8-9H2,2-7H3/t11-/m0/s1. The number of likely N-dealkylation sites (tertiary alicyclic amines) is 1. The molecule has 1 heterocycles. The average molecular weight is 283 g/mol. The largest absolute Gasteiger partial charge is 0.458 e. The topological polar surface area (TPSA) is 55.8 Å². The van der Waals surface area contributed by atoms with Gasteiger partial charge in [0.15, 0.2) is 0 Å². The molecule has 1 fully saturated rings. The number of carbonyl (C=O) groups excluding carboxylic acids is 2. The highest BCUT2D eigenvalue weighted by atomic mass is 16.6. The Labute approximate surface area is 120 Å². The first-order valence-corrected chi connectivity index (χ1v) is 6.78. The van der Waals surface area contributed by atoms with Gasteiger partial charge in [-0.05, 0) is 41.5 Å². The first kappa shape index (κ1) is 16.5. The Morgan fingerprint density at radius 3 is 2.05 bits per heavy atom. The molecule has 0 bridgehead atoms. The van der Waals surface area contributed by atoms with E-state index in [0.717, 1.165) is 5.57 Å². The van der Waals surface area contributed by atoms with Gasteiger partial charge in [0.05, 0.1) is 0 Å². The van der Waals surface area contributed by atoms with E-state index in [4.69, 9.17) is 9.47 Å². The van der Waals surface area contributed by atoms with Gasteiger partial charge < -0.3 is 9.47 Å². The molecule has 0 N–H and O–H groups in total. The molecule has 1 atom stereocenters. The molecule has 0 saturated carbocycles. The third-order valence-electron chi connectivity index (χ3n) is 2.56. The summed E-state index contributed by atoms with van der Waals surface area (Å²) in [6.45, 7) is 15.0. The zero-order valence-corrected chi connectivity index (χ0v) is 13.3. The van der Waals surface area contributed by atoms with Gasteiger partial charge in [0.2, 0.25) is 0 Å². The minimum Gasteiger partial charge on any atom is -0.458 e. The van der Waals surface area contributed by atoms with E-state index in [0.29, 0.717) is 13.0 Å². The Morgan fingerprint density at radius 2 is 1.60 bits per heavy atom. The van der Waals surface area contributed by atoms with Gasteiger partial charge in [-0.15, -0.1) is 0 Å². The van der Waals surface area contributed by atoms with Crippen molar-refractivity contribution in [3.05, 3.63) is 12.2 Å². The summed E-state index contributed by atoms with van der Waals surface area (Å²) in [5.41, 5.74) is -0.355. The number of nitrogens with zero attached hydrogens (tertiary/aromatic N) is 1. The van der Waals surface area contributed by atoms with Crippen LogP contribution >= 0.6 is 0 Å². The molecule has 0 spiro atoms. The van der Waals surface area contributed by atoms with Crippen LogP contribution in [0.15, 0.2) is 12.2 Å². The minimum atomic E-state index is -0.642. The molecule has 1 aliphatic rings. The monoisotopic (exact) mass is 283 g/mol. The van der Waals surface area contributed by atoms with E-state index < -0.39 is 29.3 Å². The van der Waals surface area contributed by atoms with Gasteiger partial charge in [-0.1, -0.05) is 12.2 Å². The van der Waals surface area contributed by atoms with E-state index in [-0.39, 0.29) is 0 Å². The Bertz CT molecular complexity index is 377. The SMILES string of the molecule is C=C1C[C@@H](C(=O)OC(C)(C)C)N(C(=O)OC(C)(C)C)C1. The fraction of sp³-hybridized carbons (Fsp3) is 0.733. The van der Waals surface area contributed by atoms with Gasteiger partial charge in [-0.2, -0.15) is 0 Å². The molecule has 0 aromatic carbocycles. The van der Waals surface area contributed by atoms with E-state index in [1.54, 1.807) is 41.5 Å². The second-order valence-electron chi connectivity index (χ2n) is 7.11. The van der Waals surface area contributed by atoms with Gasteiger partial charge in [-0.3, -0.25) is 4.90 Å². The van der Waals surface area contributed by atoms with E-state index in [1.807, 2.05) is 0 Å². The highest BCUT2D eigenvalue weighted by molar-refractivity contribution is 5.83. The van der Waals surface area contributed by atoms with Gasteiger partial charge in [-0.25, -0.2) is 9.59 Å². The van der Waals surface area contributed by atoms with E-state index in [2.05, 4.69) is 6.58 Å². The van der Waals surface area contributed by atoms with Crippen LogP contribution in [0.25, 0.3) is 0 Å². The van der Waals surface area contributed by atoms with Crippen molar-refractivity contribution in [3.63, 3.8) is 0 Å². The summed E-state index contributed by atoms with van der Waals surface area (Å²) in [6.07, 6.45) is -0.0826. The van der Waals surface area contributed by atoms with Crippen molar-refractivity contribution in [2.45, 2.75) is 65.2 Å². The quantitative estimate of drug-likeness (QED) is 0.548. The number of carbonyl (C=O) groups is 2. The lowest BCUT2D eigenvalue weighted by Crippen LogP contribution is -2.45. The third-order valence-corrected chi connectivity index (χ3v) is 2.56. The first-order chi connectivity index (χ1) is 8.89. The molecule has 20 heavy (non-hydrogen) atoms. The lowest BCUT2D eigenvalue weighted by Gasteiger charge is -2.29. The molecular weight excluding hydrogens is 258 g/mol. The Balaban J connectivity index is 2.81. The molecule has 1 saturated heterocycles. The van der Waals surface area contributed by atoms with Crippen LogP contribution in [0.3, 0.4) is 0 Å². The summed E-state index contributed by atoms with van der Waals surface area (Å²) >= 11 is 0. The molecule has 114 valence electrons. The normalized spacial score (nSPS) is 20.0. The summed E-state index contributed by atoms with van der Waals surface area (Å²) in [5.74, 6) is -0.415. The lowest BCUT2D eigenvalue weighted by molar-refractivity contribution is -0.160. The summed E-state index contributed by atoms with van der Waals surface area (Å²) in [6, 6.07) is -0.642. The molecule has 0 radical (unpaired) electrons. The van der Waals surface area contributed by atoms with Crippen LogP contribution in [-0.2, 0) is 14.3 Å². The van der Waals surface area contributed by atoms with Crippen LogP contribution < -0.4 is 0 Å². The smallest absolute Gasteiger partial charge is 0.411 e. The van der Waals surface area contributed by atoms with E-state index >= 15 is 0 Å². The highest BCUT2D eigenvalue weighted by Gasteiger charge is 2.40. The van der Waals surface area contributed by atoms with Crippen LogP contribution in [0.5, 0.6) is 0 Å². The number of amides is 1. The fourth-order valence-electron chi connectivity index (χ4n) is 1.89. The zero-order chi connectivity index (χ0) is 15.7. The minimum absolute atomic E-state index is 0.332. The number of ether oxygens (including phenoxy) is 2. The third kappa shape index (κ3) is 4.87. The fourth-order valence-corrected chi connectivity index (χ4v) is 1.89. The Kier molecular flexibility index (Phi) is 4.52.